The van der Waals surface area contributed by atoms with Crippen LogP contribution in [0.4, 0.5) is 0 Å². The molecule has 0 amide bonds. The van der Waals surface area contributed by atoms with Crippen LogP contribution in [-0.2, 0) is 0 Å². The van der Waals surface area contributed by atoms with E-state index in [0.29, 0.717) is 6.61 Å². The average molecular weight is 195 g/mol. The summed E-state index contributed by atoms with van der Waals surface area (Å²) in [5.41, 5.74) is 0. The number of aromatic hydroxyl groups is 2. The molecule has 0 aliphatic rings. The van der Waals surface area contributed by atoms with Crippen molar-refractivity contribution in [2.75, 3.05) is 6.61 Å². The first-order valence-electron chi connectivity index (χ1n) is 4.38. The van der Waals surface area contributed by atoms with Crippen molar-refractivity contribution >= 4 is 0 Å². The van der Waals surface area contributed by atoms with Gasteiger partial charge in [-0.25, -0.2) is 0 Å². The number of hydrogen-bond acceptors (Lipinski definition) is 3. The van der Waals surface area contributed by atoms with Crippen LogP contribution in [0.15, 0.2) is 12.1 Å². The van der Waals surface area contributed by atoms with Crippen molar-refractivity contribution in [3.63, 3.8) is 0 Å². The minimum Gasteiger partial charge on any atom is -0.492 e. The van der Waals surface area contributed by atoms with Crippen molar-refractivity contribution in [2.45, 2.75) is 19.8 Å². The number of aromatic nitrogens is 1. The van der Waals surface area contributed by atoms with E-state index in [4.69, 9.17) is 4.84 Å². The average Bonchev–Trinajstić information content (AvgIpc) is 2.48. The third kappa shape index (κ3) is 2.63. The molecule has 0 aliphatic heterocycles. The van der Waals surface area contributed by atoms with E-state index in [1.807, 2.05) is 0 Å². The molecule has 0 fully saturated rings. The smallest absolute Gasteiger partial charge is 0.229 e. The van der Waals surface area contributed by atoms with Crippen LogP contribution in [0.1, 0.15) is 19.8 Å². The number of unbranched alkanes of at least 4 members (excludes halogenated alkanes) is 1. The Morgan fingerprint density at radius 1 is 1.36 bits per heavy atom. The van der Waals surface area contributed by atoms with E-state index in [1.165, 1.54) is 12.1 Å². The summed E-state index contributed by atoms with van der Waals surface area (Å²) in [5, 5.41) is 18.4. The van der Waals surface area contributed by atoms with E-state index in [1.54, 1.807) is 6.92 Å². The Labute approximate surface area is 82.7 Å². The molecule has 0 bridgehead atoms. The number of hydrogen-bond donors (Lipinski definition) is 2. The normalized spacial score (nSPS) is 9.21. The van der Waals surface area contributed by atoms with Gasteiger partial charge in [-0.05, 0) is 13.3 Å². The third-order valence-corrected chi connectivity index (χ3v) is 1.64. The molecule has 2 N–H and O–H groups in total. The molecule has 1 aromatic rings. The zero-order valence-corrected chi connectivity index (χ0v) is 8.03. The molecule has 1 heterocycles. The van der Waals surface area contributed by atoms with Crippen molar-refractivity contribution in [3.8, 4) is 23.6 Å². The highest BCUT2D eigenvalue weighted by atomic mass is 16.7. The molecule has 4 nitrogen and oxygen atoms in total. The summed E-state index contributed by atoms with van der Waals surface area (Å²) in [7, 11) is 0. The van der Waals surface area contributed by atoms with Gasteiger partial charge in [0.05, 0.1) is 0 Å². The Hall–Kier alpha value is -1.76. The first kappa shape index (κ1) is 10.3. The van der Waals surface area contributed by atoms with Gasteiger partial charge in [-0.15, -0.1) is 16.6 Å². The minimum absolute atomic E-state index is 0.107. The summed E-state index contributed by atoms with van der Waals surface area (Å²) >= 11 is 0. The molecule has 0 saturated heterocycles. The molecule has 0 radical (unpaired) electrons. The Morgan fingerprint density at radius 2 is 2.00 bits per heavy atom. The summed E-state index contributed by atoms with van der Waals surface area (Å²) in [4.78, 5) is 5.10. The van der Waals surface area contributed by atoms with E-state index in [2.05, 4.69) is 11.8 Å². The molecule has 0 spiro atoms. The van der Waals surface area contributed by atoms with Crippen molar-refractivity contribution in [1.82, 2.24) is 4.73 Å². The topological polar surface area (TPSA) is 54.6 Å². The molecule has 0 atom stereocenters. The Balaban J connectivity index is 2.33. The van der Waals surface area contributed by atoms with Gasteiger partial charge in [0, 0.05) is 18.6 Å². The zero-order chi connectivity index (χ0) is 10.4. The fourth-order valence-electron chi connectivity index (χ4n) is 0.975. The largest absolute Gasteiger partial charge is 0.492 e. The number of rotatable bonds is 4. The Kier molecular flexibility index (Phi) is 3.74. The molecule has 0 unspecified atom stereocenters. The molecular weight excluding hydrogens is 182 g/mol. The summed E-state index contributed by atoms with van der Waals surface area (Å²) < 4.78 is 0.985. The highest BCUT2D eigenvalue weighted by Crippen LogP contribution is 2.18. The first-order valence-corrected chi connectivity index (χ1v) is 4.38. The lowest BCUT2D eigenvalue weighted by molar-refractivity contribution is 0.0745. The second kappa shape index (κ2) is 5.07. The van der Waals surface area contributed by atoms with Gasteiger partial charge in [-0.2, -0.15) is 0 Å². The van der Waals surface area contributed by atoms with Crippen molar-refractivity contribution in [3.05, 3.63) is 12.1 Å². The fourth-order valence-corrected chi connectivity index (χ4v) is 0.975. The van der Waals surface area contributed by atoms with E-state index >= 15 is 0 Å². The molecule has 1 aromatic heterocycles. The van der Waals surface area contributed by atoms with Gasteiger partial charge in [-0.3, -0.25) is 0 Å². The Morgan fingerprint density at radius 3 is 2.57 bits per heavy atom. The van der Waals surface area contributed by atoms with Crippen LogP contribution < -0.4 is 4.84 Å². The van der Waals surface area contributed by atoms with Crippen LogP contribution in [0.25, 0.3) is 0 Å². The Bertz CT molecular complexity index is 326. The zero-order valence-electron chi connectivity index (χ0n) is 8.03. The van der Waals surface area contributed by atoms with Crippen LogP contribution in [-0.4, -0.2) is 21.6 Å². The highest BCUT2D eigenvalue weighted by Gasteiger charge is 2.05. The van der Waals surface area contributed by atoms with Crippen LogP contribution in [0.5, 0.6) is 11.8 Å². The van der Waals surface area contributed by atoms with Gasteiger partial charge >= 0.3 is 0 Å². The monoisotopic (exact) mass is 195 g/mol. The fraction of sp³-hybridized carbons (Fsp3) is 0.400. The predicted molar refractivity (Wildman–Crippen MR) is 51.9 cm³/mol. The van der Waals surface area contributed by atoms with E-state index in [0.717, 1.165) is 17.6 Å². The molecule has 0 saturated carbocycles. The van der Waals surface area contributed by atoms with Crippen LogP contribution in [0, 0.1) is 11.8 Å². The maximum absolute atomic E-state index is 9.18. The quantitative estimate of drug-likeness (QED) is 0.559. The second-order valence-corrected chi connectivity index (χ2v) is 2.71. The molecule has 4 heteroatoms. The second-order valence-electron chi connectivity index (χ2n) is 2.71. The van der Waals surface area contributed by atoms with Gasteiger partial charge in [0.1, 0.15) is 6.61 Å². The van der Waals surface area contributed by atoms with Crippen molar-refractivity contribution < 1.29 is 15.1 Å². The predicted octanol–water partition coefficient (Wildman–Crippen LogP) is 1.13. The van der Waals surface area contributed by atoms with Crippen molar-refractivity contribution in [1.29, 1.82) is 0 Å². The highest BCUT2D eigenvalue weighted by molar-refractivity contribution is 5.21. The molecule has 76 valence electrons. The third-order valence-electron chi connectivity index (χ3n) is 1.64. The van der Waals surface area contributed by atoms with Crippen LogP contribution >= 0.6 is 0 Å². The van der Waals surface area contributed by atoms with Gasteiger partial charge in [0.25, 0.3) is 0 Å². The van der Waals surface area contributed by atoms with Gasteiger partial charge in [-0.1, -0.05) is 0 Å². The van der Waals surface area contributed by atoms with Crippen molar-refractivity contribution in [2.24, 2.45) is 0 Å². The van der Waals surface area contributed by atoms with E-state index in [-0.39, 0.29) is 11.8 Å². The standard InChI is InChI=1S/C10H13NO3/c1-2-3-4-5-8-14-11-9(12)6-7-10(11)13/h6-7,12-13H,4-5,8H2,1H3. The first-order chi connectivity index (χ1) is 6.75. The van der Waals surface area contributed by atoms with Crippen LogP contribution in [0.2, 0.25) is 0 Å². The molecule has 0 aliphatic carbocycles. The molecule has 0 aromatic carbocycles. The summed E-state index contributed by atoms with van der Waals surface area (Å²) in [5.74, 6) is 5.45. The van der Waals surface area contributed by atoms with E-state index < -0.39 is 0 Å². The molecule has 14 heavy (non-hydrogen) atoms. The van der Waals surface area contributed by atoms with Gasteiger partial charge < -0.3 is 15.1 Å². The van der Waals surface area contributed by atoms with Gasteiger partial charge in [0.2, 0.25) is 11.8 Å². The van der Waals surface area contributed by atoms with Crippen LogP contribution in [0.3, 0.4) is 0 Å². The maximum atomic E-state index is 9.18. The SMILES string of the molecule is CC#CCCCOn1c(O)ccc1O. The lowest BCUT2D eigenvalue weighted by atomic mass is 10.3. The lowest BCUT2D eigenvalue weighted by Gasteiger charge is -2.07. The summed E-state index contributed by atoms with van der Waals surface area (Å²) in [6.45, 7) is 2.19. The van der Waals surface area contributed by atoms with E-state index in [9.17, 15) is 10.2 Å². The number of nitrogens with zero attached hydrogens (tertiary/aromatic N) is 1. The molecular formula is C10H13NO3. The van der Waals surface area contributed by atoms with Gasteiger partial charge in [0.15, 0.2) is 0 Å². The summed E-state index contributed by atoms with van der Waals surface area (Å²) in [6.07, 6.45) is 1.51. The minimum atomic E-state index is -0.107. The summed E-state index contributed by atoms with van der Waals surface area (Å²) in [6, 6.07) is 2.72. The molecule has 1 rings (SSSR count). The lowest BCUT2D eigenvalue weighted by Crippen LogP contribution is -2.11. The maximum Gasteiger partial charge on any atom is 0.229 e.